The molecule has 4 aliphatic rings. The molecule has 0 radical (unpaired) electrons. The fourth-order valence-corrected chi connectivity index (χ4v) is 8.25. The second-order valence-corrected chi connectivity index (χ2v) is 12.4. The van der Waals surface area contributed by atoms with Crippen molar-refractivity contribution in [3.8, 4) is 0 Å². The molecule has 0 aromatic rings. The van der Waals surface area contributed by atoms with Crippen LogP contribution in [0, 0.1) is 17.8 Å². The minimum absolute atomic E-state index is 0.197. The van der Waals surface area contributed by atoms with E-state index in [0.29, 0.717) is 29.3 Å². The highest BCUT2D eigenvalue weighted by Crippen LogP contribution is 2.44. The molecule has 0 amide bonds. The molecule has 0 aromatic carbocycles. The van der Waals surface area contributed by atoms with E-state index in [4.69, 9.17) is 4.99 Å². The zero-order valence-electron chi connectivity index (χ0n) is 15.7. The van der Waals surface area contributed by atoms with Gasteiger partial charge in [0, 0.05) is 24.4 Å². The molecule has 2 saturated heterocycles. The van der Waals surface area contributed by atoms with E-state index in [-0.39, 0.29) is 5.92 Å². The molecule has 5 nitrogen and oxygen atoms in total. The number of hydrogen-bond donors (Lipinski definition) is 2. The molecule has 2 aliphatic heterocycles. The fraction of sp³-hybridized carbons (Fsp3) is 0.947. The van der Waals surface area contributed by atoms with Crippen molar-refractivity contribution in [2.24, 2.45) is 22.7 Å². The van der Waals surface area contributed by atoms with Crippen LogP contribution in [0.15, 0.2) is 4.99 Å². The Balaban J connectivity index is 1.34. The highest BCUT2D eigenvalue weighted by molar-refractivity contribution is 7.99. The van der Waals surface area contributed by atoms with Crippen LogP contribution in [0.5, 0.6) is 0 Å². The van der Waals surface area contributed by atoms with Crippen molar-refractivity contribution in [1.82, 2.24) is 10.6 Å². The second-order valence-electron chi connectivity index (χ2n) is 8.75. The maximum atomic E-state index is 11.7. The van der Waals surface area contributed by atoms with Crippen LogP contribution in [0.4, 0.5) is 0 Å². The molecule has 148 valence electrons. The Labute approximate surface area is 162 Å². The molecule has 5 atom stereocenters. The normalized spacial score (nSPS) is 39.2. The van der Waals surface area contributed by atoms with Crippen molar-refractivity contribution < 1.29 is 8.42 Å². The van der Waals surface area contributed by atoms with Crippen LogP contribution in [0.2, 0.25) is 0 Å². The van der Waals surface area contributed by atoms with Crippen molar-refractivity contribution in [2.75, 3.05) is 30.3 Å². The van der Waals surface area contributed by atoms with E-state index in [0.717, 1.165) is 30.8 Å². The van der Waals surface area contributed by atoms with Crippen LogP contribution in [0.25, 0.3) is 0 Å². The lowest BCUT2D eigenvalue weighted by molar-refractivity contribution is 0.386. The molecule has 5 unspecified atom stereocenters. The van der Waals surface area contributed by atoms with Crippen molar-refractivity contribution in [3.05, 3.63) is 0 Å². The van der Waals surface area contributed by atoms with E-state index in [2.05, 4.69) is 22.4 Å². The third-order valence-corrected chi connectivity index (χ3v) is 9.90. The van der Waals surface area contributed by atoms with Crippen molar-refractivity contribution >= 4 is 27.6 Å². The predicted molar refractivity (Wildman–Crippen MR) is 110 cm³/mol. The van der Waals surface area contributed by atoms with Gasteiger partial charge in [-0.25, -0.2) is 8.42 Å². The van der Waals surface area contributed by atoms with E-state index in [9.17, 15) is 8.42 Å². The lowest BCUT2D eigenvalue weighted by atomic mass is 9.95. The SMILES string of the molecule is O=S1(=O)CCC(CN=C(NCC2CCCCS2)NC2CC3CCC2C3)C1. The monoisotopic (exact) mass is 399 g/mol. The Morgan fingerprint density at radius 1 is 1.12 bits per heavy atom. The van der Waals surface area contributed by atoms with Crippen LogP contribution < -0.4 is 10.6 Å². The molecule has 2 bridgehead atoms. The summed E-state index contributed by atoms with van der Waals surface area (Å²) >= 11 is 2.08. The quantitative estimate of drug-likeness (QED) is 0.549. The van der Waals surface area contributed by atoms with Gasteiger partial charge < -0.3 is 10.6 Å². The second kappa shape index (κ2) is 8.29. The Morgan fingerprint density at radius 2 is 2.04 bits per heavy atom. The molecule has 7 heteroatoms. The first-order valence-corrected chi connectivity index (χ1v) is 13.3. The summed E-state index contributed by atoms with van der Waals surface area (Å²) < 4.78 is 23.4. The minimum Gasteiger partial charge on any atom is -0.355 e. The fourth-order valence-electron chi connectivity index (χ4n) is 5.16. The lowest BCUT2D eigenvalue weighted by Gasteiger charge is -2.27. The van der Waals surface area contributed by atoms with Crippen LogP contribution in [-0.4, -0.2) is 56.0 Å². The first-order valence-electron chi connectivity index (χ1n) is 10.4. The lowest BCUT2D eigenvalue weighted by Crippen LogP contribution is -2.47. The number of thioether (sulfide) groups is 1. The first-order chi connectivity index (χ1) is 12.6. The van der Waals surface area contributed by atoms with Gasteiger partial charge in [-0.05, 0) is 62.0 Å². The van der Waals surface area contributed by atoms with E-state index in [1.54, 1.807) is 0 Å². The Bertz CT molecular complexity index is 616. The minimum atomic E-state index is -2.82. The van der Waals surface area contributed by atoms with Gasteiger partial charge in [0.1, 0.15) is 0 Å². The molecular formula is C19H33N3O2S2. The summed E-state index contributed by atoms with van der Waals surface area (Å²) in [6.45, 7) is 1.60. The van der Waals surface area contributed by atoms with Gasteiger partial charge in [-0.1, -0.05) is 12.8 Å². The molecule has 4 fully saturated rings. The molecule has 26 heavy (non-hydrogen) atoms. The number of guanidine groups is 1. The summed E-state index contributed by atoms with van der Waals surface area (Å²) in [6, 6.07) is 0.561. The highest BCUT2D eigenvalue weighted by Gasteiger charge is 2.40. The largest absolute Gasteiger partial charge is 0.355 e. The third kappa shape index (κ3) is 4.89. The standard InChI is InChI=1S/C19H33N3O2S2/c23-26(24)8-6-15(13-26)11-20-19(21-12-17-3-1-2-7-25-17)22-18-10-14-4-5-16(18)9-14/h14-18H,1-13H2,(H2,20,21,22). The smallest absolute Gasteiger partial charge is 0.191 e. The molecule has 4 rings (SSSR count). The molecule has 2 aliphatic carbocycles. The Kier molecular flexibility index (Phi) is 6.03. The average molecular weight is 400 g/mol. The van der Waals surface area contributed by atoms with E-state index < -0.39 is 9.84 Å². The first kappa shape index (κ1) is 18.9. The van der Waals surface area contributed by atoms with Gasteiger partial charge in [0.2, 0.25) is 0 Å². The van der Waals surface area contributed by atoms with E-state index >= 15 is 0 Å². The Hall–Kier alpha value is -0.430. The number of nitrogens with zero attached hydrogens (tertiary/aromatic N) is 1. The molecule has 2 saturated carbocycles. The number of nitrogens with one attached hydrogen (secondary N) is 2. The van der Waals surface area contributed by atoms with Gasteiger partial charge in [0.05, 0.1) is 11.5 Å². The summed E-state index contributed by atoms with van der Waals surface area (Å²) in [6.07, 6.45) is 10.2. The molecule has 0 spiro atoms. The van der Waals surface area contributed by atoms with Gasteiger partial charge in [0.25, 0.3) is 0 Å². The maximum Gasteiger partial charge on any atom is 0.191 e. The molecule has 2 N–H and O–H groups in total. The topological polar surface area (TPSA) is 70.6 Å². The molecule has 0 aromatic heterocycles. The van der Waals surface area contributed by atoms with E-state index in [1.165, 1.54) is 50.7 Å². The zero-order valence-corrected chi connectivity index (χ0v) is 17.3. The zero-order chi connectivity index (χ0) is 18.0. The van der Waals surface area contributed by atoms with Gasteiger partial charge in [-0.15, -0.1) is 0 Å². The van der Waals surface area contributed by atoms with Gasteiger partial charge in [-0.3, -0.25) is 4.99 Å². The molecular weight excluding hydrogens is 366 g/mol. The third-order valence-electron chi connectivity index (χ3n) is 6.67. The van der Waals surface area contributed by atoms with Crippen molar-refractivity contribution in [3.63, 3.8) is 0 Å². The number of rotatable bonds is 5. The summed E-state index contributed by atoms with van der Waals surface area (Å²) in [7, 11) is -2.82. The summed E-state index contributed by atoms with van der Waals surface area (Å²) in [4.78, 5) is 4.82. The predicted octanol–water partition coefficient (Wildman–Crippen LogP) is 2.43. The number of fused-ring (bicyclic) bond motifs is 2. The average Bonchev–Trinajstić information content (AvgIpc) is 3.33. The summed E-state index contributed by atoms with van der Waals surface area (Å²) in [5.74, 6) is 4.78. The van der Waals surface area contributed by atoms with Crippen LogP contribution in [0.1, 0.15) is 51.4 Å². The van der Waals surface area contributed by atoms with Crippen LogP contribution in [0.3, 0.4) is 0 Å². The summed E-state index contributed by atoms with van der Waals surface area (Å²) in [5, 5.41) is 7.98. The van der Waals surface area contributed by atoms with Gasteiger partial charge in [0.15, 0.2) is 15.8 Å². The maximum absolute atomic E-state index is 11.7. The molecule has 2 heterocycles. The number of sulfone groups is 1. The number of hydrogen-bond acceptors (Lipinski definition) is 4. The van der Waals surface area contributed by atoms with E-state index in [1.807, 2.05) is 0 Å². The van der Waals surface area contributed by atoms with Crippen LogP contribution >= 0.6 is 11.8 Å². The van der Waals surface area contributed by atoms with Crippen LogP contribution in [-0.2, 0) is 9.84 Å². The van der Waals surface area contributed by atoms with Crippen molar-refractivity contribution in [2.45, 2.75) is 62.7 Å². The highest BCUT2D eigenvalue weighted by atomic mass is 32.2. The van der Waals surface area contributed by atoms with Gasteiger partial charge >= 0.3 is 0 Å². The van der Waals surface area contributed by atoms with Gasteiger partial charge in [-0.2, -0.15) is 11.8 Å². The Morgan fingerprint density at radius 3 is 2.69 bits per heavy atom. The number of aliphatic imine (C=N–C) groups is 1. The summed E-state index contributed by atoms with van der Waals surface area (Å²) in [5.41, 5.74) is 0. The van der Waals surface area contributed by atoms with Crippen molar-refractivity contribution in [1.29, 1.82) is 0 Å².